The fourth-order valence-electron chi connectivity index (χ4n) is 1.43. The zero-order valence-corrected chi connectivity index (χ0v) is 13.2. The van der Waals surface area contributed by atoms with E-state index in [0.29, 0.717) is 6.54 Å². The lowest BCUT2D eigenvalue weighted by Gasteiger charge is -2.38. The minimum absolute atomic E-state index is 0.117. The summed E-state index contributed by atoms with van der Waals surface area (Å²) < 4.78 is 28.6. The number of nitrogens with one attached hydrogen (secondary N) is 1. The largest absolute Gasteiger partial charge is 0.481 e. The zero-order valence-electron chi connectivity index (χ0n) is 12.3. The van der Waals surface area contributed by atoms with Crippen molar-refractivity contribution in [2.75, 3.05) is 0 Å². The van der Waals surface area contributed by atoms with Crippen LogP contribution in [0.4, 0.5) is 0 Å². The Balaban J connectivity index is 3.10. The van der Waals surface area contributed by atoms with Gasteiger partial charge in [-0.3, -0.25) is 4.79 Å². The molecule has 0 saturated carbocycles. The molecule has 0 amide bonds. The summed E-state index contributed by atoms with van der Waals surface area (Å²) >= 11 is 0. The van der Waals surface area contributed by atoms with E-state index in [4.69, 9.17) is 0 Å². The molecule has 114 valence electrons. The molecule has 0 aliphatic heterocycles. The Morgan fingerprint density at radius 1 is 1.40 bits per heavy atom. The fraction of sp³-hybridized carbons (Fsp3) is 0.667. The molecule has 0 spiro atoms. The number of carbonyl (C=O) groups is 1. The van der Waals surface area contributed by atoms with Gasteiger partial charge in [-0.1, -0.05) is 0 Å². The van der Waals surface area contributed by atoms with Gasteiger partial charge >= 0.3 is 5.97 Å². The topological polar surface area (TPSA) is 101 Å². The molecule has 1 aromatic rings. The van der Waals surface area contributed by atoms with Crippen LogP contribution in [-0.2, 0) is 21.4 Å². The smallest absolute Gasteiger partial charge is 0.310 e. The van der Waals surface area contributed by atoms with Crippen molar-refractivity contribution in [3.05, 3.63) is 12.5 Å². The number of aromatic nitrogens is 2. The van der Waals surface area contributed by atoms with Gasteiger partial charge in [0.25, 0.3) is 10.0 Å². The van der Waals surface area contributed by atoms with Crippen molar-refractivity contribution in [1.29, 1.82) is 0 Å². The van der Waals surface area contributed by atoms with Crippen molar-refractivity contribution in [2.24, 2.45) is 5.41 Å². The monoisotopic (exact) mass is 303 g/mol. The average molecular weight is 303 g/mol. The van der Waals surface area contributed by atoms with Crippen LogP contribution in [0.3, 0.4) is 0 Å². The Labute approximate surface area is 119 Å². The molecule has 0 unspecified atom stereocenters. The summed E-state index contributed by atoms with van der Waals surface area (Å²) in [6, 6.07) is 0. The Morgan fingerprint density at radius 3 is 2.35 bits per heavy atom. The quantitative estimate of drug-likeness (QED) is 0.818. The molecule has 0 saturated heterocycles. The van der Waals surface area contributed by atoms with Crippen molar-refractivity contribution >= 4 is 16.0 Å². The van der Waals surface area contributed by atoms with Gasteiger partial charge in [-0.15, -0.1) is 0 Å². The van der Waals surface area contributed by atoms with Crippen molar-refractivity contribution < 1.29 is 18.3 Å². The van der Waals surface area contributed by atoms with E-state index in [1.807, 2.05) is 6.92 Å². The third-order valence-electron chi connectivity index (χ3n) is 3.74. The second-order valence-electron chi connectivity index (χ2n) is 5.70. The number of sulfonamides is 1. The highest BCUT2D eigenvalue weighted by atomic mass is 32.2. The lowest BCUT2D eigenvalue weighted by molar-refractivity contribution is -0.150. The highest BCUT2D eigenvalue weighted by Crippen LogP contribution is 2.32. The fourth-order valence-corrected chi connectivity index (χ4v) is 2.93. The van der Waals surface area contributed by atoms with E-state index in [1.165, 1.54) is 40.2 Å². The molecule has 8 heteroatoms. The van der Waals surface area contributed by atoms with E-state index in [9.17, 15) is 18.3 Å². The molecule has 0 radical (unpaired) electrons. The maximum atomic E-state index is 12.3. The maximum absolute atomic E-state index is 12.3. The van der Waals surface area contributed by atoms with Gasteiger partial charge in [-0.25, -0.2) is 18.1 Å². The van der Waals surface area contributed by atoms with Gasteiger partial charge in [0.05, 0.1) is 11.7 Å². The van der Waals surface area contributed by atoms with E-state index in [-0.39, 0.29) is 5.03 Å². The standard InChI is InChI=1S/C12H21N3O4S/c1-6-15-7-9(13-8-15)20(18,19)14-12(4,5)11(2,3)10(16)17/h7-8,14H,6H2,1-5H3,(H,16,17). The average Bonchev–Trinajstić information content (AvgIpc) is 2.76. The molecular weight excluding hydrogens is 282 g/mol. The first-order chi connectivity index (χ1) is 8.94. The van der Waals surface area contributed by atoms with Gasteiger partial charge in [-0.2, -0.15) is 0 Å². The van der Waals surface area contributed by atoms with E-state index < -0.39 is 26.9 Å². The SMILES string of the molecule is CCn1cnc(S(=O)(=O)NC(C)(C)C(C)(C)C(=O)O)c1. The second-order valence-corrected chi connectivity index (χ2v) is 7.33. The van der Waals surface area contributed by atoms with Crippen LogP contribution in [0.5, 0.6) is 0 Å². The summed E-state index contributed by atoms with van der Waals surface area (Å²) in [6.07, 6.45) is 2.83. The number of hydrogen-bond donors (Lipinski definition) is 2. The van der Waals surface area contributed by atoms with E-state index in [1.54, 1.807) is 4.57 Å². The number of carboxylic acid groups (broad SMARTS) is 1. The van der Waals surface area contributed by atoms with Crippen molar-refractivity contribution in [3.8, 4) is 0 Å². The summed E-state index contributed by atoms with van der Waals surface area (Å²) in [5, 5.41) is 9.11. The predicted molar refractivity (Wildman–Crippen MR) is 73.7 cm³/mol. The normalized spacial score (nSPS) is 13.4. The van der Waals surface area contributed by atoms with Crippen LogP contribution in [0.2, 0.25) is 0 Å². The highest BCUT2D eigenvalue weighted by molar-refractivity contribution is 7.89. The van der Waals surface area contributed by atoms with Crippen molar-refractivity contribution in [1.82, 2.24) is 14.3 Å². The second kappa shape index (κ2) is 5.17. The van der Waals surface area contributed by atoms with Crippen LogP contribution >= 0.6 is 0 Å². The van der Waals surface area contributed by atoms with Gasteiger partial charge < -0.3 is 9.67 Å². The molecule has 1 rings (SSSR count). The van der Waals surface area contributed by atoms with Gasteiger partial charge in [0, 0.05) is 18.3 Å². The molecule has 1 heterocycles. The van der Waals surface area contributed by atoms with Crippen LogP contribution in [0.15, 0.2) is 17.6 Å². The molecule has 0 atom stereocenters. The number of aliphatic carboxylic acids is 1. The summed E-state index contributed by atoms with van der Waals surface area (Å²) in [6.45, 7) is 8.49. The zero-order chi connectivity index (χ0) is 15.8. The van der Waals surface area contributed by atoms with E-state index in [0.717, 1.165) is 0 Å². The van der Waals surface area contributed by atoms with Crippen LogP contribution in [-0.4, -0.2) is 34.6 Å². The van der Waals surface area contributed by atoms with Gasteiger partial charge in [-0.05, 0) is 34.6 Å². The van der Waals surface area contributed by atoms with Crippen LogP contribution < -0.4 is 4.72 Å². The minimum Gasteiger partial charge on any atom is -0.481 e. The molecule has 0 fully saturated rings. The molecule has 0 aliphatic rings. The first-order valence-corrected chi connectivity index (χ1v) is 7.71. The highest BCUT2D eigenvalue weighted by Gasteiger charge is 2.46. The van der Waals surface area contributed by atoms with E-state index >= 15 is 0 Å². The molecule has 0 aliphatic carbocycles. The summed E-state index contributed by atoms with van der Waals surface area (Å²) in [4.78, 5) is 15.1. The van der Waals surface area contributed by atoms with Crippen molar-refractivity contribution in [2.45, 2.75) is 51.7 Å². The molecule has 7 nitrogen and oxygen atoms in total. The Kier molecular flexibility index (Phi) is 4.31. The first kappa shape index (κ1) is 16.6. The number of aryl methyl sites for hydroxylation is 1. The van der Waals surface area contributed by atoms with E-state index in [2.05, 4.69) is 9.71 Å². The third-order valence-corrected chi connectivity index (χ3v) is 5.28. The molecule has 0 bridgehead atoms. The third kappa shape index (κ3) is 3.01. The molecule has 0 aromatic carbocycles. The molecule has 20 heavy (non-hydrogen) atoms. The van der Waals surface area contributed by atoms with Crippen LogP contribution in [0, 0.1) is 5.41 Å². The number of imidazole rings is 1. The maximum Gasteiger partial charge on any atom is 0.310 e. The minimum atomic E-state index is -3.87. The van der Waals surface area contributed by atoms with Gasteiger partial charge in [0.1, 0.15) is 0 Å². The number of carboxylic acids is 1. The molecule has 1 aromatic heterocycles. The first-order valence-electron chi connectivity index (χ1n) is 6.23. The summed E-state index contributed by atoms with van der Waals surface area (Å²) in [5.74, 6) is -1.08. The van der Waals surface area contributed by atoms with Gasteiger partial charge in [0.2, 0.25) is 0 Å². The Hall–Kier alpha value is -1.41. The molecule has 2 N–H and O–H groups in total. The number of rotatable bonds is 6. The predicted octanol–water partition coefficient (Wildman–Crippen LogP) is 1.07. The molecular formula is C12H21N3O4S. The number of nitrogens with zero attached hydrogens (tertiary/aromatic N) is 2. The lowest BCUT2D eigenvalue weighted by Crippen LogP contribution is -2.56. The Morgan fingerprint density at radius 2 is 1.95 bits per heavy atom. The summed E-state index contributed by atoms with van der Waals surface area (Å²) in [5.41, 5.74) is -2.44. The van der Waals surface area contributed by atoms with Crippen molar-refractivity contribution in [3.63, 3.8) is 0 Å². The van der Waals surface area contributed by atoms with Gasteiger partial charge in [0.15, 0.2) is 5.03 Å². The summed E-state index contributed by atoms with van der Waals surface area (Å²) in [7, 11) is -3.87. The lowest BCUT2D eigenvalue weighted by atomic mass is 9.75. The van der Waals surface area contributed by atoms with Crippen LogP contribution in [0.25, 0.3) is 0 Å². The van der Waals surface area contributed by atoms with Crippen LogP contribution in [0.1, 0.15) is 34.6 Å². The Bertz CT molecular complexity index is 602. The number of hydrogen-bond acceptors (Lipinski definition) is 4.